The maximum Gasteiger partial charge on any atom is 0.168 e. The van der Waals surface area contributed by atoms with Gasteiger partial charge < -0.3 is 14.8 Å². The summed E-state index contributed by atoms with van der Waals surface area (Å²) in [7, 11) is 3.27. The summed E-state index contributed by atoms with van der Waals surface area (Å²) in [5.74, 6) is 2.29. The van der Waals surface area contributed by atoms with Crippen molar-refractivity contribution in [2.45, 2.75) is 13.3 Å². The zero-order chi connectivity index (χ0) is 13.7. The van der Waals surface area contributed by atoms with Crippen molar-refractivity contribution < 1.29 is 9.47 Å². The number of aromatic nitrogens is 2. The Morgan fingerprint density at radius 2 is 1.79 bits per heavy atom. The molecule has 5 nitrogen and oxygen atoms in total. The smallest absolute Gasteiger partial charge is 0.168 e. The van der Waals surface area contributed by atoms with E-state index in [0.29, 0.717) is 0 Å². The molecule has 1 N–H and O–H groups in total. The molecule has 0 saturated carbocycles. The van der Waals surface area contributed by atoms with E-state index in [2.05, 4.69) is 21.0 Å². The molecule has 0 fully saturated rings. The SMILES string of the molecule is CCCNc1nsnc1-c1cc(OC)cc(OC)c1. The van der Waals surface area contributed by atoms with Crippen LogP contribution in [0.5, 0.6) is 11.5 Å². The Morgan fingerprint density at radius 3 is 2.37 bits per heavy atom. The molecular formula is C13H17N3O2S. The van der Waals surface area contributed by atoms with E-state index in [1.807, 2.05) is 18.2 Å². The molecule has 0 atom stereocenters. The molecule has 0 aliphatic heterocycles. The van der Waals surface area contributed by atoms with Crippen LogP contribution in [0.4, 0.5) is 5.82 Å². The lowest BCUT2D eigenvalue weighted by molar-refractivity contribution is 0.394. The minimum atomic E-state index is 0.740. The molecule has 1 aromatic heterocycles. The molecule has 0 unspecified atom stereocenters. The van der Waals surface area contributed by atoms with Gasteiger partial charge in [-0.3, -0.25) is 0 Å². The summed E-state index contributed by atoms with van der Waals surface area (Å²) < 4.78 is 19.2. The van der Waals surface area contributed by atoms with E-state index >= 15 is 0 Å². The molecule has 0 amide bonds. The molecule has 2 aromatic rings. The lowest BCUT2D eigenvalue weighted by Gasteiger charge is -2.08. The second kappa shape index (κ2) is 6.38. The topological polar surface area (TPSA) is 56.3 Å². The lowest BCUT2D eigenvalue weighted by atomic mass is 10.1. The third kappa shape index (κ3) is 3.14. The predicted molar refractivity (Wildman–Crippen MR) is 77.2 cm³/mol. The highest BCUT2D eigenvalue weighted by atomic mass is 32.1. The van der Waals surface area contributed by atoms with Gasteiger partial charge in [0.1, 0.15) is 17.2 Å². The summed E-state index contributed by atoms with van der Waals surface area (Å²) in [4.78, 5) is 0. The molecule has 0 aliphatic rings. The molecule has 6 heteroatoms. The van der Waals surface area contributed by atoms with Crippen molar-refractivity contribution in [1.82, 2.24) is 8.75 Å². The van der Waals surface area contributed by atoms with E-state index in [1.165, 1.54) is 11.7 Å². The molecule has 0 radical (unpaired) electrons. The van der Waals surface area contributed by atoms with E-state index in [0.717, 1.165) is 41.5 Å². The fourth-order valence-corrected chi connectivity index (χ4v) is 2.23. The summed E-state index contributed by atoms with van der Waals surface area (Å²) in [5.41, 5.74) is 1.76. The Bertz CT molecular complexity index is 520. The monoisotopic (exact) mass is 279 g/mol. The van der Waals surface area contributed by atoms with Crippen LogP contribution in [0.1, 0.15) is 13.3 Å². The Morgan fingerprint density at radius 1 is 1.11 bits per heavy atom. The van der Waals surface area contributed by atoms with E-state index in [9.17, 15) is 0 Å². The predicted octanol–water partition coefficient (Wildman–Crippen LogP) is 3.04. The van der Waals surface area contributed by atoms with E-state index in [-0.39, 0.29) is 0 Å². The number of hydrogen-bond donors (Lipinski definition) is 1. The summed E-state index contributed by atoms with van der Waals surface area (Å²) >= 11 is 1.19. The van der Waals surface area contributed by atoms with Gasteiger partial charge in [-0.25, -0.2) is 0 Å². The minimum Gasteiger partial charge on any atom is -0.497 e. The Balaban J connectivity index is 2.37. The number of rotatable bonds is 6. The first kappa shape index (κ1) is 13.6. The standard InChI is InChI=1S/C13H17N3O2S/c1-4-5-14-13-12(15-19-16-13)9-6-10(17-2)8-11(7-9)18-3/h6-8H,4-5H2,1-3H3,(H,14,16). The number of methoxy groups -OCH3 is 2. The normalized spacial score (nSPS) is 10.3. The molecular weight excluding hydrogens is 262 g/mol. The molecule has 19 heavy (non-hydrogen) atoms. The van der Waals surface area contributed by atoms with Crippen LogP contribution in [0.25, 0.3) is 11.3 Å². The van der Waals surface area contributed by atoms with Gasteiger partial charge in [-0.15, -0.1) is 0 Å². The van der Waals surface area contributed by atoms with Gasteiger partial charge in [0.05, 0.1) is 25.9 Å². The molecule has 0 spiro atoms. The highest BCUT2D eigenvalue weighted by Gasteiger charge is 2.12. The maximum atomic E-state index is 5.27. The van der Waals surface area contributed by atoms with Gasteiger partial charge in [0, 0.05) is 18.2 Å². The Hall–Kier alpha value is -1.82. The highest BCUT2D eigenvalue weighted by molar-refractivity contribution is 6.99. The van der Waals surface area contributed by atoms with Crippen molar-refractivity contribution in [3.8, 4) is 22.8 Å². The van der Waals surface area contributed by atoms with Crippen molar-refractivity contribution in [1.29, 1.82) is 0 Å². The van der Waals surface area contributed by atoms with Crippen molar-refractivity contribution in [3.63, 3.8) is 0 Å². The molecule has 2 rings (SSSR count). The van der Waals surface area contributed by atoms with Gasteiger partial charge in [-0.2, -0.15) is 8.75 Å². The summed E-state index contributed by atoms with van der Waals surface area (Å²) in [6.45, 7) is 2.99. The van der Waals surface area contributed by atoms with Crippen LogP contribution in [-0.4, -0.2) is 29.5 Å². The van der Waals surface area contributed by atoms with Gasteiger partial charge in [0.15, 0.2) is 5.82 Å². The second-order valence-corrected chi connectivity index (χ2v) is 4.52. The first-order valence-corrected chi connectivity index (χ1v) is 6.81. The van der Waals surface area contributed by atoms with E-state index in [1.54, 1.807) is 14.2 Å². The van der Waals surface area contributed by atoms with Crippen molar-refractivity contribution in [3.05, 3.63) is 18.2 Å². The molecule has 0 saturated heterocycles. The third-order valence-corrected chi connectivity index (χ3v) is 3.18. The van der Waals surface area contributed by atoms with Crippen LogP contribution >= 0.6 is 11.7 Å². The average molecular weight is 279 g/mol. The molecule has 102 valence electrons. The Kier molecular flexibility index (Phi) is 4.57. The van der Waals surface area contributed by atoms with Crippen LogP contribution in [0.3, 0.4) is 0 Å². The Labute approximate surface area is 116 Å². The minimum absolute atomic E-state index is 0.740. The van der Waals surface area contributed by atoms with Gasteiger partial charge in [-0.05, 0) is 18.6 Å². The first-order chi connectivity index (χ1) is 9.28. The van der Waals surface area contributed by atoms with Crippen LogP contribution < -0.4 is 14.8 Å². The van der Waals surface area contributed by atoms with Crippen molar-refractivity contribution in [2.75, 3.05) is 26.1 Å². The largest absolute Gasteiger partial charge is 0.497 e. The van der Waals surface area contributed by atoms with Crippen LogP contribution in [-0.2, 0) is 0 Å². The first-order valence-electron chi connectivity index (χ1n) is 6.08. The molecule has 1 aromatic carbocycles. The average Bonchev–Trinajstić information content (AvgIpc) is 2.92. The quantitative estimate of drug-likeness (QED) is 0.880. The maximum absolute atomic E-state index is 5.27. The fraction of sp³-hybridized carbons (Fsp3) is 0.385. The number of ether oxygens (including phenoxy) is 2. The molecule has 0 aliphatic carbocycles. The molecule has 1 heterocycles. The number of benzene rings is 1. The van der Waals surface area contributed by atoms with E-state index in [4.69, 9.17) is 9.47 Å². The summed E-state index contributed by atoms with van der Waals surface area (Å²) in [5, 5.41) is 3.27. The van der Waals surface area contributed by atoms with Crippen LogP contribution in [0.2, 0.25) is 0 Å². The third-order valence-electron chi connectivity index (χ3n) is 2.66. The zero-order valence-corrected chi connectivity index (χ0v) is 12.1. The van der Waals surface area contributed by atoms with Gasteiger partial charge in [0.25, 0.3) is 0 Å². The van der Waals surface area contributed by atoms with Crippen molar-refractivity contribution in [2.24, 2.45) is 0 Å². The second-order valence-electron chi connectivity index (χ2n) is 3.99. The molecule has 0 bridgehead atoms. The number of anilines is 1. The number of hydrogen-bond acceptors (Lipinski definition) is 6. The van der Waals surface area contributed by atoms with E-state index < -0.39 is 0 Å². The summed E-state index contributed by atoms with van der Waals surface area (Å²) in [6, 6.07) is 5.69. The zero-order valence-electron chi connectivity index (χ0n) is 11.3. The van der Waals surface area contributed by atoms with Gasteiger partial charge in [-0.1, -0.05) is 6.92 Å². The fourth-order valence-electron chi connectivity index (χ4n) is 1.68. The van der Waals surface area contributed by atoms with Gasteiger partial charge in [0.2, 0.25) is 0 Å². The summed E-state index contributed by atoms with van der Waals surface area (Å²) in [6.07, 6.45) is 1.04. The van der Waals surface area contributed by atoms with Crippen LogP contribution in [0.15, 0.2) is 18.2 Å². The number of nitrogens with zero attached hydrogens (tertiary/aromatic N) is 2. The highest BCUT2D eigenvalue weighted by Crippen LogP contribution is 2.32. The number of nitrogens with one attached hydrogen (secondary N) is 1. The van der Waals surface area contributed by atoms with Gasteiger partial charge >= 0.3 is 0 Å². The van der Waals surface area contributed by atoms with Crippen LogP contribution in [0, 0.1) is 0 Å². The lowest BCUT2D eigenvalue weighted by Crippen LogP contribution is -2.01. The van der Waals surface area contributed by atoms with Crippen molar-refractivity contribution >= 4 is 17.5 Å².